The average molecular weight is 319 g/mol. The van der Waals surface area contributed by atoms with Crippen LogP contribution in [0.1, 0.15) is 24.6 Å². The van der Waals surface area contributed by atoms with Gasteiger partial charge in [0.1, 0.15) is 0 Å². The zero-order chi connectivity index (χ0) is 15.0. The number of nitrogens with one attached hydrogen (secondary N) is 1. The van der Waals surface area contributed by atoms with Crippen molar-refractivity contribution in [3.63, 3.8) is 0 Å². The summed E-state index contributed by atoms with van der Waals surface area (Å²) in [6.45, 7) is 4.91. The molecule has 0 radical (unpaired) electrons. The van der Waals surface area contributed by atoms with Crippen molar-refractivity contribution in [1.29, 1.82) is 0 Å². The number of hydrogen-bond acceptors (Lipinski definition) is 4. The van der Waals surface area contributed by atoms with Gasteiger partial charge in [-0.2, -0.15) is 17.0 Å². The van der Waals surface area contributed by atoms with Crippen LogP contribution >= 0.6 is 11.3 Å². The van der Waals surface area contributed by atoms with Crippen molar-refractivity contribution >= 4 is 21.5 Å². The summed E-state index contributed by atoms with van der Waals surface area (Å²) in [5.74, 6) is 0. The van der Waals surface area contributed by atoms with E-state index in [1.54, 1.807) is 25.4 Å². The van der Waals surface area contributed by atoms with Crippen LogP contribution in [0.4, 0.5) is 0 Å². The molecule has 0 saturated carbocycles. The van der Waals surface area contributed by atoms with Gasteiger partial charge in [-0.1, -0.05) is 13.0 Å². The van der Waals surface area contributed by atoms with Crippen molar-refractivity contribution in [3.05, 3.63) is 22.4 Å². The molecule has 0 bridgehead atoms. The van der Waals surface area contributed by atoms with Crippen LogP contribution in [0, 0.1) is 0 Å². The second kappa shape index (κ2) is 8.74. The fourth-order valence-electron chi connectivity index (χ4n) is 1.79. The first kappa shape index (κ1) is 17.6. The topological polar surface area (TPSA) is 52.7 Å². The number of thiophene rings is 1. The SMILES string of the molecule is CCCNCCCN(C)S(=O)(=O)N(C)Cc1cccs1. The first-order valence-electron chi connectivity index (χ1n) is 6.89. The van der Waals surface area contributed by atoms with E-state index in [9.17, 15) is 8.42 Å². The Bertz CT molecular complexity index is 460. The van der Waals surface area contributed by atoms with Gasteiger partial charge in [0.05, 0.1) is 0 Å². The standard InChI is InChI=1S/C13H25N3O2S2/c1-4-8-14-9-6-10-15(2)20(17,18)16(3)12-13-7-5-11-19-13/h5,7,11,14H,4,6,8-10,12H2,1-3H3. The van der Waals surface area contributed by atoms with Crippen LogP contribution in [0.15, 0.2) is 17.5 Å². The second-order valence-electron chi connectivity index (χ2n) is 4.77. The van der Waals surface area contributed by atoms with Crippen LogP contribution in [-0.4, -0.2) is 50.8 Å². The minimum Gasteiger partial charge on any atom is -0.317 e. The van der Waals surface area contributed by atoms with Crippen molar-refractivity contribution < 1.29 is 8.42 Å². The molecule has 0 saturated heterocycles. The van der Waals surface area contributed by atoms with Crippen LogP contribution < -0.4 is 5.32 Å². The molecule has 1 aromatic heterocycles. The Morgan fingerprint density at radius 2 is 2.00 bits per heavy atom. The fourth-order valence-corrected chi connectivity index (χ4v) is 3.76. The smallest absolute Gasteiger partial charge is 0.281 e. The minimum atomic E-state index is -3.36. The van der Waals surface area contributed by atoms with Gasteiger partial charge in [-0.25, -0.2) is 0 Å². The summed E-state index contributed by atoms with van der Waals surface area (Å²) in [6, 6.07) is 3.88. The molecule has 0 atom stereocenters. The maximum atomic E-state index is 12.3. The van der Waals surface area contributed by atoms with E-state index in [1.165, 1.54) is 8.61 Å². The predicted molar refractivity (Wildman–Crippen MR) is 85.1 cm³/mol. The van der Waals surface area contributed by atoms with Crippen LogP contribution in [0.2, 0.25) is 0 Å². The third kappa shape index (κ3) is 5.49. The lowest BCUT2D eigenvalue weighted by molar-refractivity contribution is 0.385. The van der Waals surface area contributed by atoms with Crippen molar-refractivity contribution in [2.45, 2.75) is 26.3 Å². The third-order valence-electron chi connectivity index (χ3n) is 3.00. The lowest BCUT2D eigenvalue weighted by Crippen LogP contribution is -2.40. The van der Waals surface area contributed by atoms with E-state index in [1.807, 2.05) is 17.5 Å². The van der Waals surface area contributed by atoms with E-state index < -0.39 is 10.2 Å². The Kier molecular flexibility index (Phi) is 7.68. The molecule has 5 nitrogen and oxygen atoms in total. The lowest BCUT2D eigenvalue weighted by Gasteiger charge is -2.24. The number of rotatable bonds is 10. The van der Waals surface area contributed by atoms with Crippen molar-refractivity contribution in [2.75, 3.05) is 33.7 Å². The molecule has 0 spiro atoms. The van der Waals surface area contributed by atoms with E-state index in [2.05, 4.69) is 12.2 Å². The summed E-state index contributed by atoms with van der Waals surface area (Å²) in [5.41, 5.74) is 0. The Hall–Kier alpha value is -0.470. The normalized spacial score (nSPS) is 12.4. The molecule has 20 heavy (non-hydrogen) atoms. The Balaban J connectivity index is 2.41. The first-order valence-corrected chi connectivity index (χ1v) is 9.16. The fraction of sp³-hybridized carbons (Fsp3) is 0.692. The highest BCUT2D eigenvalue weighted by molar-refractivity contribution is 7.86. The number of nitrogens with zero attached hydrogens (tertiary/aromatic N) is 2. The van der Waals surface area contributed by atoms with Gasteiger partial charge in [0, 0.05) is 32.1 Å². The monoisotopic (exact) mass is 319 g/mol. The molecule has 1 N–H and O–H groups in total. The van der Waals surface area contributed by atoms with Crippen molar-refractivity contribution in [3.8, 4) is 0 Å². The Morgan fingerprint density at radius 3 is 2.60 bits per heavy atom. The highest BCUT2D eigenvalue weighted by Gasteiger charge is 2.23. The molecule has 116 valence electrons. The predicted octanol–water partition coefficient (Wildman–Crippen LogP) is 1.75. The first-order chi connectivity index (χ1) is 9.48. The quantitative estimate of drug-likeness (QED) is 0.669. The molecule has 1 rings (SSSR count). The van der Waals surface area contributed by atoms with Gasteiger partial charge in [0.25, 0.3) is 10.2 Å². The molecule has 1 aromatic rings. The molecule has 0 aliphatic rings. The lowest BCUT2D eigenvalue weighted by atomic mass is 10.4. The van der Waals surface area contributed by atoms with Crippen molar-refractivity contribution in [2.24, 2.45) is 0 Å². The summed E-state index contributed by atoms with van der Waals surface area (Å²) >= 11 is 1.57. The van der Waals surface area contributed by atoms with Gasteiger partial charge >= 0.3 is 0 Å². The molecule has 0 unspecified atom stereocenters. The van der Waals surface area contributed by atoms with Crippen molar-refractivity contribution in [1.82, 2.24) is 13.9 Å². The van der Waals surface area contributed by atoms with Gasteiger partial charge < -0.3 is 5.32 Å². The number of hydrogen-bond donors (Lipinski definition) is 1. The van der Waals surface area contributed by atoms with Crippen LogP contribution in [-0.2, 0) is 16.8 Å². The van der Waals surface area contributed by atoms with E-state index >= 15 is 0 Å². The van der Waals surface area contributed by atoms with E-state index in [-0.39, 0.29) is 0 Å². The zero-order valence-electron chi connectivity index (χ0n) is 12.5. The summed E-state index contributed by atoms with van der Waals surface area (Å²) in [6.07, 6.45) is 1.92. The van der Waals surface area contributed by atoms with Crippen LogP contribution in [0.5, 0.6) is 0 Å². The second-order valence-corrected chi connectivity index (χ2v) is 7.94. The maximum absolute atomic E-state index is 12.3. The molecular formula is C13H25N3O2S2. The highest BCUT2D eigenvalue weighted by Crippen LogP contribution is 2.14. The summed E-state index contributed by atoms with van der Waals surface area (Å²) in [5, 5.41) is 5.23. The van der Waals surface area contributed by atoms with Gasteiger partial charge in [0.15, 0.2) is 0 Å². The van der Waals surface area contributed by atoms with E-state index in [0.29, 0.717) is 13.1 Å². The summed E-state index contributed by atoms with van der Waals surface area (Å²) in [4.78, 5) is 1.05. The van der Waals surface area contributed by atoms with Gasteiger partial charge in [-0.3, -0.25) is 0 Å². The zero-order valence-corrected chi connectivity index (χ0v) is 14.1. The Morgan fingerprint density at radius 1 is 1.25 bits per heavy atom. The molecule has 0 fully saturated rings. The van der Waals surface area contributed by atoms with Crippen LogP contribution in [0.3, 0.4) is 0 Å². The highest BCUT2D eigenvalue weighted by atomic mass is 32.2. The molecule has 7 heteroatoms. The minimum absolute atomic E-state index is 0.429. The largest absolute Gasteiger partial charge is 0.317 e. The molecule has 0 aliphatic carbocycles. The average Bonchev–Trinajstić information content (AvgIpc) is 2.91. The molecule has 0 aromatic carbocycles. The molecular weight excluding hydrogens is 294 g/mol. The van der Waals surface area contributed by atoms with Gasteiger partial charge in [-0.15, -0.1) is 11.3 Å². The van der Waals surface area contributed by atoms with E-state index in [0.717, 1.165) is 30.8 Å². The van der Waals surface area contributed by atoms with E-state index in [4.69, 9.17) is 0 Å². The summed E-state index contributed by atoms with van der Waals surface area (Å²) < 4.78 is 27.5. The third-order valence-corrected chi connectivity index (χ3v) is 5.75. The van der Waals surface area contributed by atoms with Crippen LogP contribution in [0.25, 0.3) is 0 Å². The maximum Gasteiger partial charge on any atom is 0.281 e. The molecule has 0 aliphatic heterocycles. The summed E-state index contributed by atoms with van der Waals surface area (Å²) in [7, 11) is -0.0974. The molecule has 1 heterocycles. The Labute approximate surface area is 126 Å². The molecule has 0 amide bonds. The van der Waals surface area contributed by atoms with Gasteiger partial charge in [-0.05, 0) is 37.4 Å². The van der Waals surface area contributed by atoms with Gasteiger partial charge in [0.2, 0.25) is 0 Å².